The highest BCUT2D eigenvalue weighted by molar-refractivity contribution is 7.89. The molecule has 9 nitrogen and oxygen atoms in total. The summed E-state index contributed by atoms with van der Waals surface area (Å²) in [5, 5.41) is 11.7. The van der Waals surface area contributed by atoms with E-state index < -0.39 is 20.5 Å². The molecule has 1 aliphatic rings. The molecule has 0 amide bonds. The molecule has 0 spiro atoms. The Labute approximate surface area is 175 Å². The monoisotopic (exact) mass is 435 g/mol. The Balaban J connectivity index is 1.89. The lowest BCUT2D eigenvalue weighted by Crippen LogP contribution is -2.40. The number of nitrogens with one attached hydrogen (secondary N) is 1. The van der Waals surface area contributed by atoms with Crippen LogP contribution in [0.3, 0.4) is 0 Å². The fraction of sp³-hybridized carbons (Fsp3) is 0.400. The highest BCUT2D eigenvalue weighted by Crippen LogP contribution is 2.34. The van der Waals surface area contributed by atoms with Crippen LogP contribution in [0.4, 0.5) is 11.4 Å². The molecule has 0 unspecified atom stereocenters. The molecule has 2 aromatic rings. The van der Waals surface area contributed by atoms with Gasteiger partial charge in [-0.1, -0.05) is 6.07 Å². The van der Waals surface area contributed by atoms with Gasteiger partial charge >= 0.3 is 0 Å². The van der Waals surface area contributed by atoms with Gasteiger partial charge in [-0.05, 0) is 50.6 Å². The average Bonchev–Trinajstić information content (AvgIpc) is 2.65. The first kappa shape index (κ1) is 21.8. The summed E-state index contributed by atoms with van der Waals surface area (Å²) in [6, 6.07) is 9.42. The van der Waals surface area contributed by atoms with Gasteiger partial charge in [0.25, 0.3) is 5.69 Å². The number of anilines is 1. The van der Waals surface area contributed by atoms with E-state index in [9.17, 15) is 18.5 Å². The predicted octanol–water partition coefficient (Wildman–Crippen LogP) is 3.08. The maximum absolute atomic E-state index is 12.6. The van der Waals surface area contributed by atoms with Crippen LogP contribution in [-0.4, -0.2) is 39.1 Å². The fourth-order valence-electron chi connectivity index (χ4n) is 3.15. The number of hydrogen-bond acceptors (Lipinski definition) is 7. The zero-order chi connectivity index (χ0) is 22.1. The number of nitrogens with zero attached hydrogens (tertiary/aromatic N) is 2. The first-order valence-electron chi connectivity index (χ1n) is 9.38. The second-order valence-electron chi connectivity index (χ2n) is 8.10. The Morgan fingerprint density at radius 2 is 1.77 bits per heavy atom. The van der Waals surface area contributed by atoms with Gasteiger partial charge in [0.05, 0.1) is 9.82 Å². The van der Waals surface area contributed by atoms with Crippen LogP contribution in [0.25, 0.3) is 0 Å². The van der Waals surface area contributed by atoms with E-state index in [0.29, 0.717) is 36.9 Å². The molecule has 0 fully saturated rings. The summed E-state index contributed by atoms with van der Waals surface area (Å²) in [5.74, 6) is 1.30. The topological polar surface area (TPSA) is 111 Å². The molecular formula is C20H25N3O6S. The summed E-state index contributed by atoms with van der Waals surface area (Å²) in [6.07, 6.45) is 0. The lowest BCUT2D eigenvalue weighted by molar-refractivity contribution is -0.384. The molecule has 1 N–H and O–H groups in total. The van der Waals surface area contributed by atoms with Gasteiger partial charge in [0.2, 0.25) is 10.0 Å². The summed E-state index contributed by atoms with van der Waals surface area (Å²) in [5.41, 5.74) is 0.194. The summed E-state index contributed by atoms with van der Waals surface area (Å²) in [7, 11) is -2.18. The Bertz CT molecular complexity index is 1060. The van der Waals surface area contributed by atoms with Crippen LogP contribution in [0, 0.1) is 10.1 Å². The second-order valence-corrected chi connectivity index (χ2v) is 9.78. The van der Waals surface area contributed by atoms with Crippen LogP contribution in [-0.2, 0) is 16.6 Å². The van der Waals surface area contributed by atoms with Gasteiger partial charge in [-0.3, -0.25) is 10.1 Å². The normalized spacial score (nSPS) is 13.7. The third-order valence-corrected chi connectivity index (χ3v) is 6.09. The van der Waals surface area contributed by atoms with Crippen LogP contribution >= 0.6 is 0 Å². The quantitative estimate of drug-likeness (QED) is 0.548. The predicted molar refractivity (Wildman–Crippen MR) is 113 cm³/mol. The average molecular weight is 436 g/mol. The van der Waals surface area contributed by atoms with Gasteiger partial charge in [0, 0.05) is 25.2 Å². The molecule has 30 heavy (non-hydrogen) atoms. The van der Waals surface area contributed by atoms with Crippen molar-refractivity contribution in [2.24, 2.45) is 0 Å². The molecule has 0 atom stereocenters. The standard InChI is InChI=1S/C20H25N3O6S/c1-20(2,3)21-30(26,27)15-6-7-16(17(12-15)23(24)25)22(4)13-14-5-8-18-19(11-14)29-10-9-28-18/h5-8,11-12,21H,9-10,13H2,1-4H3. The third-order valence-electron chi connectivity index (χ3n) is 4.33. The number of sulfonamides is 1. The summed E-state index contributed by atoms with van der Waals surface area (Å²) in [6.45, 7) is 6.44. The Morgan fingerprint density at radius 3 is 2.40 bits per heavy atom. The molecule has 0 saturated heterocycles. The third kappa shape index (κ3) is 5.00. The van der Waals surface area contributed by atoms with Crippen molar-refractivity contribution < 1.29 is 22.8 Å². The van der Waals surface area contributed by atoms with E-state index in [0.717, 1.165) is 11.6 Å². The second kappa shape index (κ2) is 8.11. The maximum atomic E-state index is 12.6. The maximum Gasteiger partial charge on any atom is 0.293 e. The van der Waals surface area contributed by atoms with E-state index in [1.165, 1.54) is 12.1 Å². The van der Waals surface area contributed by atoms with E-state index in [1.807, 2.05) is 12.1 Å². The smallest absolute Gasteiger partial charge is 0.293 e. The molecule has 0 aliphatic carbocycles. The number of hydrogen-bond donors (Lipinski definition) is 1. The summed E-state index contributed by atoms with van der Waals surface area (Å²) in [4.78, 5) is 12.6. The molecule has 0 bridgehead atoms. The molecule has 0 radical (unpaired) electrons. The number of fused-ring (bicyclic) bond motifs is 1. The zero-order valence-corrected chi connectivity index (χ0v) is 18.2. The van der Waals surface area contributed by atoms with E-state index >= 15 is 0 Å². The first-order chi connectivity index (χ1) is 14.0. The highest BCUT2D eigenvalue weighted by Gasteiger charge is 2.26. The molecule has 0 saturated carbocycles. The SMILES string of the molecule is CN(Cc1ccc2c(c1)OCCO2)c1ccc(S(=O)(=O)NC(C)(C)C)cc1[N+](=O)[O-]. The largest absolute Gasteiger partial charge is 0.486 e. The lowest BCUT2D eigenvalue weighted by Gasteiger charge is -2.23. The van der Waals surface area contributed by atoms with Gasteiger partial charge in [0.1, 0.15) is 18.9 Å². The fourth-order valence-corrected chi connectivity index (χ4v) is 4.58. The number of nitro groups is 1. The van der Waals surface area contributed by atoms with Gasteiger partial charge in [0.15, 0.2) is 11.5 Å². The van der Waals surface area contributed by atoms with E-state index in [4.69, 9.17) is 9.47 Å². The van der Waals surface area contributed by atoms with Crippen LogP contribution in [0.1, 0.15) is 26.3 Å². The van der Waals surface area contributed by atoms with Crippen molar-refractivity contribution in [3.8, 4) is 11.5 Å². The van der Waals surface area contributed by atoms with Crippen molar-refractivity contribution in [1.29, 1.82) is 0 Å². The van der Waals surface area contributed by atoms with Gasteiger partial charge in [-0.15, -0.1) is 0 Å². The van der Waals surface area contributed by atoms with Crippen molar-refractivity contribution in [3.05, 3.63) is 52.1 Å². The Kier molecular flexibility index (Phi) is 5.91. The van der Waals surface area contributed by atoms with Crippen LogP contribution in [0.5, 0.6) is 11.5 Å². The van der Waals surface area contributed by atoms with Gasteiger partial charge in [-0.25, -0.2) is 13.1 Å². The molecule has 0 aromatic heterocycles. The Hall–Kier alpha value is -2.85. The molecular weight excluding hydrogens is 410 g/mol. The molecule has 2 aromatic carbocycles. The molecule has 3 rings (SSSR count). The summed E-state index contributed by atoms with van der Waals surface area (Å²) < 4.78 is 38.7. The first-order valence-corrected chi connectivity index (χ1v) is 10.9. The van der Waals surface area contributed by atoms with Crippen molar-refractivity contribution in [2.75, 3.05) is 25.2 Å². The van der Waals surface area contributed by atoms with Crippen LogP contribution in [0.15, 0.2) is 41.3 Å². The number of nitro benzene ring substituents is 1. The number of benzene rings is 2. The minimum Gasteiger partial charge on any atom is -0.486 e. The van der Waals surface area contributed by atoms with Gasteiger partial charge in [-0.2, -0.15) is 0 Å². The molecule has 162 valence electrons. The van der Waals surface area contributed by atoms with Gasteiger partial charge < -0.3 is 14.4 Å². The number of rotatable bonds is 6. The van der Waals surface area contributed by atoms with Crippen LogP contribution < -0.4 is 19.1 Å². The highest BCUT2D eigenvalue weighted by atomic mass is 32.2. The van der Waals surface area contributed by atoms with Crippen LogP contribution in [0.2, 0.25) is 0 Å². The zero-order valence-electron chi connectivity index (χ0n) is 17.3. The minimum atomic E-state index is -3.89. The van der Waals surface area contributed by atoms with Crippen molar-refractivity contribution in [2.45, 2.75) is 37.8 Å². The number of ether oxygens (including phenoxy) is 2. The molecule has 1 aliphatic heterocycles. The van der Waals surface area contributed by atoms with Crippen molar-refractivity contribution >= 4 is 21.4 Å². The van der Waals surface area contributed by atoms with E-state index in [1.54, 1.807) is 38.8 Å². The van der Waals surface area contributed by atoms with E-state index in [2.05, 4.69) is 4.72 Å². The summed E-state index contributed by atoms with van der Waals surface area (Å²) >= 11 is 0. The lowest BCUT2D eigenvalue weighted by atomic mass is 10.1. The Morgan fingerprint density at radius 1 is 1.10 bits per heavy atom. The molecule has 10 heteroatoms. The molecule has 1 heterocycles. The van der Waals surface area contributed by atoms with Crippen molar-refractivity contribution in [3.63, 3.8) is 0 Å². The minimum absolute atomic E-state index is 0.152. The van der Waals surface area contributed by atoms with E-state index in [-0.39, 0.29) is 10.6 Å². The van der Waals surface area contributed by atoms with Crippen molar-refractivity contribution in [1.82, 2.24) is 4.72 Å².